The van der Waals surface area contributed by atoms with Crippen molar-refractivity contribution < 1.29 is 14.7 Å². The second-order valence-corrected chi connectivity index (χ2v) is 4.67. The molecular formula is C11H11ClN2O4. The van der Waals surface area contributed by atoms with Crippen molar-refractivity contribution in [1.29, 1.82) is 0 Å². The first-order chi connectivity index (χ1) is 8.44. The van der Waals surface area contributed by atoms with E-state index in [0.29, 0.717) is 12.8 Å². The fourth-order valence-electron chi connectivity index (χ4n) is 1.80. The molecule has 3 N–H and O–H groups in total. The van der Waals surface area contributed by atoms with Crippen molar-refractivity contribution in [1.82, 2.24) is 10.3 Å². The molecule has 1 amide bonds. The van der Waals surface area contributed by atoms with Gasteiger partial charge >= 0.3 is 5.97 Å². The molecule has 1 fully saturated rings. The Hall–Kier alpha value is -1.82. The summed E-state index contributed by atoms with van der Waals surface area (Å²) >= 11 is 5.60. The van der Waals surface area contributed by atoms with Crippen LogP contribution >= 0.6 is 11.6 Å². The lowest BCUT2D eigenvalue weighted by atomic mass is 9.76. The smallest absolute Gasteiger partial charge is 0.329 e. The number of nitrogens with one attached hydrogen (secondary N) is 2. The van der Waals surface area contributed by atoms with E-state index in [1.165, 1.54) is 12.3 Å². The first-order valence-corrected chi connectivity index (χ1v) is 5.76. The number of carboxylic acids is 1. The lowest BCUT2D eigenvalue weighted by molar-refractivity contribution is -0.148. The molecule has 1 aliphatic rings. The summed E-state index contributed by atoms with van der Waals surface area (Å²) in [5.74, 6) is -1.60. The van der Waals surface area contributed by atoms with Crippen LogP contribution in [0.4, 0.5) is 0 Å². The van der Waals surface area contributed by atoms with Gasteiger partial charge in [0.2, 0.25) is 0 Å². The van der Waals surface area contributed by atoms with Gasteiger partial charge in [-0.05, 0) is 25.3 Å². The number of H-pyrrole nitrogens is 1. The lowest BCUT2D eigenvalue weighted by Crippen LogP contribution is -2.59. The first kappa shape index (κ1) is 12.6. The SMILES string of the molecule is O=C(NC1(C(=O)O)CCC1)c1c[nH]c(=O)c(Cl)c1. The van der Waals surface area contributed by atoms with Gasteiger partial charge in [-0.1, -0.05) is 11.6 Å². The molecule has 0 bridgehead atoms. The van der Waals surface area contributed by atoms with Gasteiger partial charge in [0, 0.05) is 6.20 Å². The van der Waals surface area contributed by atoms with Gasteiger partial charge in [-0.25, -0.2) is 4.79 Å². The molecule has 0 radical (unpaired) electrons. The number of carbonyl (C=O) groups excluding carboxylic acids is 1. The highest BCUT2D eigenvalue weighted by Crippen LogP contribution is 2.32. The maximum Gasteiger partial charge on any atom is 0.329 e. The van der Waals surface area contributed by atoms with Crippen LogP contribution in [0.25, 0.3) is 0 Å². The predicted octanol–water partition coefficient (Wildman–Crippen LogP) is 0.765. The van der Waals surface area contributed by atoms with Crippen molar-refractivity contribution in [2.24, 2.45) is 0 Å². The highest BCUT2D eigenvalue weighted by Gasteiger charge is 2.45. The number of carbonyl (C=O) groups is 2. The average Bonchev–Trinajstić information content (AvgIpc) is 2.26. The van der Waals surface area contributed by atoms with Crippen LogP contribution in [0.1, 0.15) is 29.6 Å². The van der Waals surface area contributed by atoms with E-state index in [4.69, 9.17) is 16.7 Å². The van der Waals surface area contributed by atoms with Gasteiger partial charge in [-0.2, -0.15) is 0 Å². The van der Waals surface area contributed by atoms with Crippen LogP contribution < -0.4 is 10.9 Å². The molecule has 1 saturated carbocycles. The number of aliphatic carboxylic acids is 1. The van der Waals surface area contributed by atoms with Crippen molar-refractivity contribution >= 4 is 23.5 Å². The van der Waals surface area contributed by atoms with E-state index in [1.54, 1.807) is 0 Å². The second-order valence-electron chi connectivity index (χ2n) is 4.26. The van der Waals surface area contributed by atoms with Crippen molar-refractivity contribution in [3.63, 3.8) is 0 Å². The quantitative estimate of drug-likeness (QED) is 0.755. The van der Waals surface area contributed by atoms with Gasteiger partial charge in [0.15, 0.2) is 0 Å². The molecule has 0 aliphatic heterocycles. The molecule has 96 valence electrons. The van der Waals surface area contributed by atoms with Gasteiger partial charge in [0.25, 0.3) is 11.5 Å². The van der Waals surface area contributed by atoms with Gasteiger partial charge < -0.3 is 15.4 Å². The van der Waals surface area contributed by atoms with Crippen molar-refractivity contribution in [3.8, 4) is 0 Å². The molecule has 1 aliphatic carbocycles. The summed E-state index contributed by atoms with van der Waals surface area (Å²) in [6.07, 6.45) is 2.78. The number of halogens is 1. The van der Waals surface area contributed by atoms with Crippen LogP contribution in [0.2, 0.25) is 5.02 Å². The highest BCUT2D eigenvalue weighted by atomic mass is 35.5. The van der Waals surface area contributed by atoms with Crippen molar-refractivity contribution in [2.45, 2.75) is 24.8 Å². The van der Waals surface area contributed by atoms with E-state index in [9.17, 15) is 14.4 Å². The molecule has 0 saturated heterocycles. The zero-order valence-electron chi connectivity index (χ0n) is 9.33. The molecule has 7 heteroatoms. The molecule has 0 aromatic carbocycles. The minimum Gasteiger partial charge on any atom is -0.480 e. The number of carboxylic acid groups (broad SMARTS) is 1. The number of pyridine rings is 1. The van der Waals surface area contributed by atoms with Gasteiger partial charge in [-0.3, -0.25) is 9.59 Å². The maximum absolute atomic E-state index is 11.9. The first-order valence-electron chi connectivity index (χ1n) is 5.39. The molecule has 18 heavy (non-hydrogen) atoms. The Morgan fingerprint density at radius 3 is 2.56 bits per heavy atom. The Balaban J connectivity index is 2.19. The zero-order chi connectivity index (χ0) is 13.3. The zero-order valence-corrected chi connectivity index (χ0v) is 10.1. The normalized spacial score (nSPS) is 16.7. The molecule has 1 aromatic rings. The fraction of sp³-hybridized carbons (Fsp3) is 0.364. The Morgan fingerprint density at radius 2 is 2.11 bits per heavy atom. The summed E-state index contributed by atoms with van der Waals surface area (Å²) in [6.45, 7) is 0. The van der Waals surface area contributed by atoms with Gasteiger partial charge in [0.1, 0.15) is 10.6 Å². The van der Waals surface area contributed by atoms with Crippen LogP contribution in [0.3, 0.4) is 0 Å². The Kier molecular flexibility index (Phi) is 3.13. The van der Waals surface area contributed by atoms with E-state index in [2.05, 4.69) is 10.3 Å². The van der Waals surface area contributed by atoms with E-state index in [0.717, 1.165) is 6.42 Å². The third-order valence-corrected chi connectivity index (χ3v) is 3.37. The Labute approximate surface area is 107 Å². The summed E-state index contributed by atoms with van der Waals surface area (Å²) in [7, 11) is 0. The van der Waals surface area contributed by atoms with E-state index < -0.39 is 23.0 Å². The molecular weight excluding hydrogens is 260 g/mol. The largest absolute Gasteiger partial charge is 0.480 e. The minimum atomic E-state index is -1.18. The van der Waals surface area contributed by atoms with Gasteiger partial charge in [-0.15, -0.1) is 0 Å². The topological polar surface area (TPSA) is 99.3 Å². The predicted molar refractivity (Wildman–Crippen MR) is 63.8 cm³/mol. The maximum atomic E-state index is 11.9. The molecule has 0 atom stereocenters. The van der Waals surface area contributed by atoms with E-state index in [1.807, 2.05) is 0 Å². The second kappa shape index (κ2) is 4.45. The summed E-state index contributed by atoms with van der Waals surface area (Å²) in [5, 5.41) is 11.4. The number of amides is 1. The molecule has 2 rings (SSSR count). The standard InChI is InChI=1S/C11H11ClN2O4/c12-7-4-6(5-13-9(7)16)8(15)14-11(10(17)18)2-1-3-11/h4-5H,1-3H2,(H,13,16)(H,14,15)(H,17,18). The van der Waals surface area contributed by atoms with Crippen LogP contribution in [-0.2, 0) is 4.79 Å². The lowest BCUT2D eigenvalue weighted by Gasteiger charge is -2.38. The molecule has 1 heterocycles. The average molecular weight is 271 g/mol. The highest BCUT2D eigenvalue weighted by molar-refractivity contribution is 6.30. The summed E-state index contributed by atoms with van der Waals surface area (Å²) in [5.41, 5.74) is -1.54. The summed E-state index contributed by atoms with van der Waals surface area (Å²) < 4.78 is 0. The van der Waals surface area contributed by atoms with Crippen LogP contribution in [0.15, 0.2) is 17.1 Å². The van der Waals surface area contributed by atoms with Gasteiger partial charge in [0.05, 0.1) is 5.56 Å². The monoisotopic (exact) mass is 270 g/mol. The summed E-state index contributed by atoms with van der Waals surface area (Å²) in [4.78, 5) is 36.3. The summed E-state index contributed by atoms with van der Waals surface area (Å²) in [6, 6.07) is 1.21. The number of rotatable bonds is 3. The van der Waals surface area contributed by atoms with Crippen molar-refractivity contribution in [3.05, 3.63) is 33.2 Å². The third-order valence-electron chi connectivity index (χ3n) is 3.09. The molecule has 0 unspecified atom stereocenters. The number of aromatic nitrogens is 1. The van der Waals surface area contributed by atoms with Crippen LogP contribution in [-0.4, -0.2) is 27.5 Å². The van der Waals surface area contributed by atoms with E-state index >= 15 is 0 Å². The number of aromatic amines is 1. The third kappa shape index (κ3) is 2.11. The Morgan fingerprint density at radius 1 is 1.44 bits per heavy atom. The molecule has 1 aromatic heterocycles. The van der Waals surface area contributed by atoms with Crippen molar-refractivity contribution in [2.75, 3.05) is 0 Å². The Bertz CT molecular complexity index is 562. The fourth-order valence-corrected chi connectivity index (χ4v) is 1.97. The van der Waals surface area contributed by atoms with Crippen LogP contribution in [0.5, 0.6) is 0 Å². The number of hydrogen-bond acceptors (Lipinski definition) is 3. The molecule has 0 spiro atoms. The molecule has 6 nitrogen and oxygen atoms in total. The van der Waals surface area contributed by atoms with E-state index in [-0.39, 0.29) is 10.6 Å². The minimum absolute atomic E-state index is 0.111. The van der Waals surface area contributed by atoms with Crippen LogP contribution in [0, 0.1) is 0 Å². The number of hydrogen-bond donors (Lipinski definition) is 3.